The van der Waals surface area contributed by atoms with Gasteiger partial charge in [0.15, 0.2) is 17.3 Å². The SMILES string of the molecule is O=C(CCCc1c(F)cccc1F)c1cc([C@@H]2CCCC[C@H]2COc2ccc3c(c2)OCO3)ccc1F. The van der Waals surface area contributed by atoms with E-state index in [0.717, 1.165) is 31.2 Å². The van der Waals surface area contributed by atoms with Crippen LogP contribution in [0.4, 0.5) is 13.2 Å². The third-order valence-electron chi connectivity index (χ3n) is 7.33. The molecule has 1 fully saturated rings. The molecule has 2 atom stereocenters. The van der Waals surface area contributed by atoms with Gasteiger partial charge in [0, 0.05) is 18.1 Å². The molecule has 194 valence electrons. The van der Waals surface area contributed by atoms with Crippen molar-refractivity contribution in [3.63, 3.8) is 0 Å². The van der Waals surface area contributed by atoms with E-state index in [9.17, 15) is 18.0 Å². The van der Waals surface area contributed by atoms with Crippen LogP contribution in [0.25, 0.3) is 0 Å². The molecular weight excluding hydrogens is 481 g/mol. The fraction of sp³-hybridized carbons (Fsp3) is 0.367. The molecule has 7 heteroatoms. The highest BCUT2D eigenvalue weighted by molar-refractivity contribution is 5.96. The lowest BCUT2D eigenvalue weighted by molar-refractivity contribution is 0.0975. The van der Waals surface area contributed by atoms with Crippen LogP contribution in [0, 0.1) is 23.4 Å². The first-order chi connectivity index (χ1) is 18.0. The Bertz CT molecular complexity index is 1260. The quantitative estimate of drug-likeness (QED) is 0.282. The second-order valence-electron chi connectivity index (χ2n) is 9.69. The Balaban J connectivity index is 1.24. The van der Waals surface area contributed by atoms with Crippen molar-refractivity contribution in [3.05, 3.63) is 88.7 Å². The summed E-state index contributed by atoms with van der Waals surface area (Å²) in [7, 11) is 0. The summed E-state index contributed by atoms with van der Waals surface area (Å²) >= 11 is 0. The maximum Gasteiger partial charge on any atom is 0.231 e. The summed E-state index contributed by atoms with van der Waals surface area (Å²) in [5.74, 6) is 0.227. The maximum atomic E-state index is 14.7. The third-order valence-corrected chi connectivity index (χ3v) is 7.33. The third kappa shape index (κ3) is 5.76. The number of halogens is 3. The fourth-order valence-corrected chi connectivity index (χ4v) is 5.33. The van der Waals surface area contributed by atoms with Crippen molar-refractivity contribution in [1.82, 2.24) is 0 Å². The predicted octanol–water partition coefficient (Wildman–Crippen LogP) is 7.39. The predicted molar refractivity (Wildman–Crippen MR) is 133 cm³/mol. The van der Waals surface area contributed by atoms with Crippen LogP contribution in [0.5, 0.6) is 17.2 Å². The number of hydrogen-bond acceptors (Lipinski definition) is 4. The van der Waals surface area contributed by atoms with Gasteiger partial charge in [-0.25, -0.2) is 13.2 Å². The Morgan fingerprint density at radius 2 is 1.68 bits per heavy atom. The van der Waals surface area contributed by atoms with Crippen molar-refractivity contribution >= 4 is 5.78 Å². The van der Waals surface area contributed by atoms with E-state index in [-0.39, 0.29) is 54.8 Å². The molecule has 0 aromatic heterocycles. The molecule has 0 N–H and O–H groups in total. The number of carbonyl (C=O) groups excluding carboxylic acids is 1. The zero-order valence-electron chi connectivity index (χ0n) is 20.5. The monoisotopic (exact) mass is 510 g/mol. The van der Waals surface area contributed by atoms with Gasteiger partial charge in [0.25, 0.3) is 0 Å². The number of rotatable bonds is 9. The van der Waals surface area contributed by atoms with Crippen LogP contribution >= 0.6 is 0 Å². The first-order valence-electron chi connectivity index (χ1n) is 12.8. The zero-order chi connectivity index (χ0) is 25.8. The van der Waals surface area contributed by atoms with Gasteiger partial charge in [-0.15, -0.1) is 0 Å². The minimum atomic E-state index is -0.632. The van der Waals surface area contributed by atoms with E-state index >= 15 is 0 Å². The summed E-state index contributed by atoms with van der Waals surface area (Å²) in [4.78, 5) is 12.9. The molecule has 0 amide bonds. The molecule has 0 radical (unpaired) electrons. The summed E-state index contributed by atoms with van der Waals surface area (Å²) < 4.78 is 59.3. The van der Waals surface area contributed by atoms with E-state index in [1.54, 1.807) is 12.1 Å². The average molecular weight is 511 g/mol. The topological polar surface area (TPSA) is 44.8 Å². The van der Waals surface area contributed by atoms with Crippen LogP contribution in [0.2, 0.25) is 0 Å². The van der Waals surface area contributed by atoms with Crippen LogP contribution in [-0.4, -0.2) is 19.2 Å². The summed E-state index contributed by atoms with van der Waals surface area (Å²) in [5.41, 5.74) is 0.911. The molecule has 1 saturated carbocycles. The first-order valence-corrected chi connectivity index (χ1v) is 12.8. The van der Waals surface area contributed by atoms with Crippen molar-refractivity contribution in [2.45, 2.75) is 50.9 Å². The number of benzene rings is 3. The van der Waals surface area contributed by atoms with E-state index < -0.39 is 17.5 Å². The molecule has 0 unspecified atom stereocenters. The largest absolute Gasteiger partial charge is 0.493 e. The highest BCUT2D eigenvalue weighted by atomic mass is 19.1. The highest BCUT2D eigenvalue weighted by Gasteiger charge is 2.28. The normalized spacial score (nSPS) is 18.6. The van der Waals surface area contributed by atoms with Gasteiger partial charge in [0.05, 0.1) is 12.2 Å². The van der Waals surface area contributed by atoms with Crippen molar-refractivity contribution in [2.24, 2.45) is 5.92 Å². The van der Waals surface area contributed by atoms with Crippen molar-refractivity contribution < 1.29 is 32.2 Å². The second kappa shape index (κ2) is 11.3. The lowest BCUT2D eigenvalue weighted by Gasteiger charge is -2.32. The van der Waals surface area contributed by atoms with E-state index in [1.165, 1.54) is 24.3 Å². The molecule has 1 heterocycles. The molecule has 0 saturated heterocycles. The van der Waals surface area contributed by atoms with Gasteiger partial charge in [-0.2, -0.15) is 0 Å². The van der Waals surface area contributed by atoms with E-state index in [0.29, 0.717) is 23.9 Å². The summed E-state index contributed by atoms with van der Waals surface area (Å²) in [6.07, 6.45) is 4.37. The lowest BCUT2D eigenvalue weighted by atomic mass is 9.75. The number of fused-ring (bicyclic) bond motifs is 1. The molecule has 0 bridgehead atoms. The van der Waals surface area contributed by atoms with Gasteiger partial charge in [-0.1, -0.05) is 25.0 Å². The molecule has 37 heavy (non-hydrogen) atoms. The number of hydrogen-bond donors (Lipinski definition) is 0. The smallest absolute Gasteiger partial charge is 0.231 e. The van der Waals surface area contributed by atoms with Crippen LogP contribution in [0.3, 0.4) is 0 Å². The Hall–Kier alpha value is -3.48. The number of carbonyl (C=O) groups is 1. The molecule has 1 aliphatic heterocycles. The van der Waals surface area contributed by atoms with E-state index in [1.807, 2.05) is 18.2 Å². The molecule has 0 spiro atoms. The summed E-state index contributed by atoms with van der Waals surface area (Å²) in [6.45, 7) is 0.703. The summed E-state index contributed by atoms with van der Waals surface area (Å²) in [5, 5.41) is 0. The molecule has 3 aromatic carbocycles. The fourth-order valence-electron chi connectivity index (χ4n) is 5.33. The summed E-state index contributed by atoms with van der Waals surface area (Å²) in [6, 6.07) is 14.0. The van der Waals surface area contributed by atoms with Gasteiger partial charge in [-0.05, 0) is 79.5 Å². The lowest BCUT2D eigenvalue weighted by Crippen LogP contribution is -2.24. The minimum absolute atomic E-state index is 0.00939. The van der Waals surface area contributed by atoms with Crippen LogP contribution in [0.1, 0.15) is 65.9 Å². The van der Waals surface area contributed by atoms with E-state index in [2.05, 4.69) is 0 Å². The van der Waals surface area contributed by atoms with Gasteiger partial charge in [0.1, 0.15) is 23.2 Å². The molecule has 4 nitrogen and oxygen atoms in total. The Morgan fingerprint density at radius 1 is 0.892 bits per heavy atom. The molecule has 5 rings (SSSR count). The molecule has 3 aromatic rings. The Kier molecular flexibility index (Phi) is 7.68. The molecule has 2 aliphatic rings. The average Bonchev–Trinajstić information content (AvgIpc) is 3.38. The van der Waals surface area contributed by atoms with Gasteiger partial charge in [0.2, 0.25) is 6.79 Å². The van der Waals surface area contributed by atoms with Gasteiger partial charge < -0.3 is 14.2 Å². The Morgan fingerprint density at radius 3 is 2.51 bits per heavy atom. The number of ether oxygens (including phenoxy) is 3. The van der Waals surface area contributed by atoms with Crippen LogP contribution < -0.4 is 14.2 Å². The molecule has 1 aliphatic carbocycles. The highest BCUT2D eigenvalue weighted by Crippen LogP contribution is 2.40. The van der Waals surface area contributed by atoms with Crippen molar-refractivity contribution in [3.8, 4) is 17.2 Å². The van der Waals surface area contributed by atoms with Gasteiger partial charge >= 0.3 is 0 Å². The van der Waals surface area contributed by atoms with Crippen LogP contribution in [-0.2, 0) is 6.42 Å². The van der Waals surface area contributed by atoms with Gasteiger partial charge in [-0.3, -0.25) is 4.79 Å². The standard InChI is InChI=1S/C30H29F3O4/c31-25-8-4-9-26(32)23(25)7-3-10-28(34)24-15-19(11-13-27(24)33)22-6-2-1-5-20(22)17-35-21-12-14-29-30(16-21)37-18-36-29/h4,8-9,11-16,20,22H,1-3,5-7,10,17-18H2/t20-,22-/m0/s1. The minimum Gasteiger partial charge on any atom is -0.493 e. The first kappa shape index (κ1) is 25.2. The number of ketones is 1. The maximum absolute atomic E-state index is 14.7. The van der Waals surface area contributed by atoms with Crippen molar-refractivity contribution in [2.75, 3.05) is 13.4 Å². The molecular formula is C30H29F3O4. The van der Waals surface area contributed by atoms with Crippen molar-refractivity contribution in [1.29, 1.82) is 0 Å². The van der Waals surface area contributed by atoms with Crippen LogP contribution in [0.15, 0.2) is 54.6 Å². The number of Topliss-reactive ketones (excluding diaryl/α,β-unsaturated/α-hetero) is 1. The Labute approximate surface area is 214 Å². The second-order valence-corrected chi connectivity index (χ2v) is 9.69. The zero-order valence-corrected chi connectivity index (χ0v) is 20.5. The van der Waals surface area contributed by atoms with E-state index in [4.69, 9.17) is 14.2 Å².